The molecule has 0 radical (unpaired) electrons. The summed E-state index contributed by atoms with van der Waals surface area (Å²) in [4.78, 5) is 26.1. The average Bonchev–Trinajstić information content (AvgIpc) is 3.41. The largest absolute Gasteiger partial charge is 0.318 e. The van der Waals surface area contributed by atoms with Gasteiger partial charge in [0.1, 0.15) is 0 Å². The molecule has 31 heavy (non-hydrogen) atoms. The molecule has 0 bridgehead atoms. The van der Waals surface area contributed by atoms with Crippen molar-refractivity contribution in [2.75, 3.05) is 0 Å². The lowest BCUT2D eigenvalue weighted by Crippen LogP contribution is -2.44. The van der Waals surface area contributed by atoms with Crippen LogP contribution in [0.2, 0.25) is 10.0 Å². The topological polar surface area (TPSA) is 54.3 Å². The predicted molar refractivity (Wildman–Crippen MR) is 132 cm³/mol. The van der Waals surface area contributed by atoms with Crippen molar-refractivity contribution >= 4 is 80.7 Å². The van der Waals surface area contributed by atoms with Crippen LogP contribution in [0.25, 0.3) is 11.8 Å². The average molecular weight is 508 g/mol. The number of carbonyl (C=O) groups excluding carboxylic acids is 2. The number of benzene rings is 1. The molecule has 5 nitrogen and oxygen atoms in total. The zero-order chi connectivity index (χ0) is 22.3. The second-order valence-electron chi connectivity index (χ2n) is 6.70. The van der Waals surface area contributed by atoms with E-state index < -0.39 is 0 Å². The van der Waals surface area contributed by atoms with Crippen molar-refractivity contribution in [1.82, 2.24) is 15.0 Å². The van der Waals surface area contributed by atoms with Crippen LogP contribution in [0.1, 0.15) is 26.6 Å². The molecule has 0 aliphatic carbocycles. The minimum atomic E-state index is -0.370. The molecule has 0 saturated carbocycles. The molecule has 10 heteroatoms. The van der Waals surface area contributed by atoms with Crippen LogP contribution in [-0.2, 0) is 4.79 Å². The molecule has 3 aromatic rings. The SMILES string of the molecule is Cc1cc(/C=C2\SC(=S)N(NC(=O)c3cccs3)C2=O)c(C)n1-c1ccc(Cl)c(Cl)c1. The second kappa shape index (κ2) is 8.80. The first-order chi connectivity index (χ1) is 14.8. The van der Waals surface area contributed by atoms with Crippen molar-refractivity contribution in [1.29, 1.82) is 0 Å². The molecule has 158 valence electrons. The first-order valence-electron chi connectivity index (χ1n) is 9.03. The number of nitrogens with zero attached hydrogens (tertiary/aromatic N) is 2. The number of thiocarbonyl (C=S) groups is 1. The normalized spacial score (nSPS) is 15.2. The molecule has 0 atom stereocenters. The van der Waals surface area contributed by atoms with E-state index in [-0.39, 0.29) is 16.1 Å². The second-order valence-corrected chi connectivity index (χ2v) is 10.1. The van der Waals surface area contributed by atoms with Gasteiger partial charge in [-0.25, -0.2) is 0 Å². The third kappa shape index (κ3) is 4.31. The lowest BCUT2D eigenvalue weighted by atomic mass is 10.2. The molecule has 4 rings (SSSR count). The first-order valence-corrected chi connectivity index (χ1v) is 11.9. The fourth-order valence-corrected chi connectivity index (χ4v) is 5.30. The summed E-state index contributed by atoms with van der Waals surface area (Å²) in [6.07, 6.45) is 1.78. The van der Waals surface area contributed by atoms with Gasteiger partial charge in [0.15, 0.2) is 4.32 Å². The van der Waals surface area contributed by atoms with Crippen LogP contribution >= 0.6 is 58.5 Å². The van der Waals surface area contributed by atoms with Crippen LogP contribution in [0, 0.1) is 13.8 Å². The summed E-state index contributed by atoms with van der Waals surface area (Å²) >= 11 is 20.0. The van der Waals surface area contributed by atoms with E-state index in [1.165, 1.54) is 11.3 Å². The number of hydrazine groups is 1. The first kappa shape index (κ1) is 22.1. The van der Waals surface area contributed by atoms with Gasteiger partial charge in [-0.05, 0) is 73.4 Å². The molecular weight excluding hydrogens is 493 g/mol. The van der Waals surface area contributed by atoms with E-state index in [4.69, 9.17) is 35.4 Å². The number of hydrogen-bond acceptors (Lipinski definition) is 5. The molecule has 0 spiro atoms. The van der Waals surface area contributed by atoms with Gasteiger partial charge in [0, 0.05) is 17.1 Å². The Balaban J connectivity index is 1.62. The summed E-state index contributed by atoms with van der Waals surface area (Å²) in [6.45, 7) is 3.93. The predicted octanol–water partition coefficient (Wildman–Crippen LogP) is 6.01. The van der Waals surface area contributed by atoms with Crippen molar-refractivity contribution in [3.8, 4) is 5.69 Å². The molecule has 3 heterocycles. The molecular formula is C21H15Cl2N3O2S3. The van der Waals surface area contributed by atoms with E-state index in [1.54, 1.807) is 35.7 Å². The summed E-state index contributed by atoms with van der Waals surface area (Å²) in [5, 5.41) is 3.87. The zero-order valence-corrected chi connectivity index (χ0v) is 20.3. The van der Waals surface area contributed by atoms with Crippen molar-refractivity contribution in [3.63, 3.8) is 0 Å². The van der Waals surface area contributed by atoms with Crippen molar-refractivity contribution in [2.24, 2.45) is 0 Å². The van der Waals surface area contributed by atoms with Gasteiger partial charge in [0.05, 0.1) is 19.8 Å². The van der Waals surface area contributed by atoms with Gasteiger partial charge in [0.2, 0.25) is 0 Å². The van der Waals surface area contributed by atoms with E-state index in [2.05, 4.69) is 5.43 Å². The van der Waals surface area contributed by atoms with Gasteiger partial charge in [-0.15, -0.1) is 11.3 Å². The molecule has 2 aromatic heterocycles. The van der Waals surface area contributed by atoms with Gasteiger partial charge < -0.3 is 4.57 Å². The number of halogens is 2. The van der Waals surface area contributed by atoms with Gasteiger partial charge in [-0.3, -0.25) is 15.0 Å². The zero-order valence-electron chi connectivity index (χ0n) is 16.3. The Kier molecular flexibility index (Phi) is 6.27. The quantitative estimate of drug-likeness (QED) is 0.347. The van der Waals surface area contributed by atoms with Gasteiger partial charge in [0.25, 0.3) is 11.8 Å². The fraction of sp³-hybridized carbons (Fsp3) is 0.0952. The highest BCUT2D eigenvalue weighted by molar-refractivity contribution is 8.26. The summed E-state index contributed by atoms with van der Waals surface area (Å²) in [6, 6.07) is 10.9. The van der Waals surface area contributed by atoms with E-state index in [9.17, 15) is 9.59 Å². The smallest absolute Gasteiger partial charge is 0.285 e. The Bertz CT molecular complexity index is 1250. The highest BCUT2D eigenvalue weighted by Gasteiger charge is 2.34. The van der Waals surface area contributed by atoms with Gasteiger partial charge >= 0.3 is 0 Å². The number of carbonyl (C=O) groups is 2. The van der Waals surface area contributed by atoms with Gasteiger partial charge in [-0.2, -0.15) is 5.01 Å². The van der Waals surface area contributed by atoms with E-state index >= 15 is 0 Å². The van der Waals surface area contributed by atoms with E-state index in [0.29, 0.717) is 19.8 Å². The lowest BCUT2D eigenvalue weighted by molar-refractivity contribution is -0.123. The number of thiophene rings is 1. The third-order valence-corrected chi connectivity index (χ3v) is 7.58. The summed E-state index contributed by atoms with van der Waals surface area (Å²) < 4.78 is 2.31. The van der Waals surface area contributed by atoms with Crippen LogP contribution in [0.15, 0.2) is 46.7 Å². The van der Waals surface area contributed by atoms with E-state index in [1.807, 2.05) is 30.5 Å². The Hall–Kier alpha value is -2.10. The lowest BCUT2D eigenvalue weighted by Gasteiger charge is -2.14. The minimum Gasteiger partial charge on any atom is -0.318 e. The molecule has 1 aromatic carbocycles. The minimum absolute atomic E-state index is 0.277. The van der Waals surface area contributed by atoms with Crippen molar-refractivity contribution < 1.29 is 9.59 Å². The summed E-state index contributed by atoms with van der Waals surface area (Å²) in [5.74, 6) is -0.732. The Morgan fingerprint density at radius 1 is 1.16 bits per heavy atom. The molecule has 1 N–H and O–H groups in total. The molecule has 2 amide bonds. The van der Waals surface area contributed by atoms with Crippen LogP contribution in [0.3, 0.4) is 0 Å². The molecule has 1 saturated heterocycles. The number of amides is 2. The Morgan fingerprint density at radius 2 is 1.94 bits per heavy atom. The number of aromatic nitrogens is 1. The molecule has 1 fully saturated rings. The van der Waals surface area contributed by atoms with Crippen molar-refractivity contribution in [2.45, 2.75) is 13.8 Å². The van der Waals surface area contributed by atoms with Gasteiger partial charge in [-0.1, -0.05) is 41.0 Å². The maximum atomic E-state index is 12.9. The number of nitrogens with one attached hydrogen (secondary N) is 1. The molecule has 1 aliphatic rings. The fourth-order valence-electron chi connectivity index (χ4n) is 3.22. The Morgan fingerprint density at radius 3 is 2.61 bits per heavy atom. The van der Waals surface area contributed by atoms with E-state index in [0.717, 1.165) is 39.4 Å². The highest BCUT2D eigenvalue weighted by Crippen LogP contribution is 2.34. The molecule has 1 aliphatic heterocycles. The number of thioether (sulfide) groups is 1. The summed E-state index contributed by atoms with van der Waals surface area (Å²) in [7, 11) is 0. The van der Waals surface area contributed by atoms with Crippen LogP contribution < -0.4 is 5.43 Å². The maximum Gasteiger partial charge on any atom is 0.285 e. The maximum absolute atomic E-state index is 12.9. The standard InChI is InChI=1S/C21H15Cl2N3O2S3/c1-11-8-13(12(2)25(11)14-5-6-15(22)16(23)10-14)9-18-20(28)26(21(29)31-18)24-19(27)17-4-3-7-30-17/h3-10H,1-2H3,(H,24,27)/b18-9-. The number of aryl methyl sites for hydroxylation is 1. The van der Waals surface area contributed by atoms with Crippen LogP contribution in [-0.4, -0.2) is 25.7 Å². The third-order valence-electron chi connectivity index (χ3n) is 4.67. The Labute approximate surface area is 202 Å². The molecule has 0 unspecified atom stereocenters. The monoisotopic (exact) mass is 507 g/mol. The van der Waals surface area contributed by atoms with Crippen LogP contribution in [0.4, 0.5) is 0 Å². The number of rotatable bonds is 4. The summed E-state index contributed by atoms with van der Waals surface area (Å²) in [5.41, 5.74) is 6.24. The highest BCUT2D eigenvalue weighted by atomic mass is 35.5. The van der Waals surface area contributed by atoms with Crippen molar-refractivity contribution in [3.05, 3.63) is 78.6 Å². The number of hydrogen-bond donors (Lipinski definition) is 1. The van der Waals surface area contributed by atoms with Crippen LogP contribution in [0.5, 0.6) is 0 Å².